The van der Waals surface area contributed by atoms with E-state index < -0.39 is 17.7 Å². The highest BCUT2D eigenvalue weighted by Crippen LogP contribution is 2.25. The molecule has 3 nitrogen and oxygen atoms in total. The Bertz CT molecular complexity index is 529. The van der Waals surface area contributed by atoms with Crippen molar-refractivity contribution in [3.8, 4) is 0 Å². The van der Waals surface area contributed by atoms with Crippen LogP contribution in [0.1, 0.15) is 17.3 Å². The molecule has 0 saturated heterocycles. The van der Waals surface area contributed by atoms with Gasteiger partial charge < -0.3 is 5.73 Å². The summed E-state index contributed by atoms with van der Waals surface area (Å²) in [7, 11) is 1.68. The first-order valence-electron chi connectivity index (χ1n) is 5.36. The molecule has 1 atom stereocenters. The van der Waals surface area contributed by atoms with Gasteiger partial charge in [-0.1, -0.05) is 17.7 Å². The van der Waals surface area contributed by atoms with Gasteiger partial charge in [0.1, 0.15) is 11.6 Å². The molecule has 0 radical (unpaired) electrons. The molecular formula is C12H12ClF2N3. The molecule has 2 N–H and O–H groups in total. The first-order chi connectivity index (χ1) is 8.50. The molecule has 6 heteroatoms. The van der Waals surface area contributed by atoms with Gasteiger partial charge in [0.25, 0.3) is 0 Å². The van der Waals surface area contributed by atoms with Crippen molar-refractivity contribution in [2.75, 3.05) is 0 Å². The molecular weight excluding hydrogens is 260 g/mol. The zero-order chi connectivity index (χ0) is 13.3. The van der Waals surface area contributed by atoms with Gasteiger partial charge in [-0.3, -0.25) is 4.68 Å². The van der Waals surface area contributed by atoms with Crippen molar-refractivity contribution in [1.82, 2.24) is 9.78 Å². The Labute approximate surface area is 108 Å². The maximum atomic E-state index is 13.5. The smallest absolute Gasteiger partial charge is 0.129 e. The van der Waals surface area contributed by atoms with Gasteiger partial charge in [-0.25, -0.2) is 8.78 Å². The van der Waals surface area contributed by atoms with Gasteiger partial charge in [0.2, 0.25) is 0 Å². The summed E-state index contributed by atoms with van der Waals surface area (Å²) in [6, 6.07) is 3.11. The topological polar surface area (TPSA) is 43.8 Å². The van der Waals surface area contributed by atoms with E-state index in [2.05, 4.69) is 5.10 Å². The number of hydrogen-bond acceptors (Lipinski definition) is 2. The summed E-state index contributed by atoms with van der Waals surface area (Å²) in [5, 5.41) is 4.33. The Morgan fingerprint density at radius 3 is 2.50 bits per heavy atom. The van der Waals surface area contributed by atoms with E-state index in [1.165, 1.54) is 29.1 Å². The third-order valence-electron chi connectivity index (χ3n) is 2.77. The minimum atomic E-state index is -0.614. The monoisotopic (exact) mass is 271 g/mol. The summed E-state index contributed by atoms with van der Waals surface area (Å²) < 4.78 is 28.5. The summed E-state index contributed by atoms with van der Waals surface area (Å²) in [6.45, 7) is 0. The third kappa shape index (κ3) is 2.37. The summed E-state index contributed by atoms with van der Waals surface area (Å²) in [5.41, 5.74) is 6.45. The van der Waals surface area contributed by atoms with Crippen molar-refractivity contribution in [2.45, 2.75) is 12.5 Å². The quantitative estimate of drug-likeness (QED) is 0.932. The highest BCUT2D eigenvalue weighted by Gasteiger charge is 2.19. The van der Waals surface area contributed by atoms with Crippen LogP contribution in [0.4, 0.5) is 8.78 Å². The van der Waals surface area contributed by atoms with Crippen LogP contribution < -0.4 is 5.73 Å². The second-order valence-electron chi connectivity index (χ2n) is 4.01. The predicted molar refractivity (Wildman–Crippen MR) is 65.2 cm³/mol. The molecule has 1 unspecified atom stereocenters. The van der Waals surface area contributed by atoms with Crippen molar-refractivity contribution < 1.29 is 8.78 Å². The molecule has 0 saturated carbocycles. The maximum Gasteiger partial charge on any atom is 0.129 e. The molecule has 18 heavy (non-hydrogen) atoms. The van der Waals surface area contributed by atoms with Crippen molar-refractivity contribution >= 4 is 11.6 Å². The number of aryl methyl sites for hydroxylation is 1. The molecule has 0 aliphatic rings. The third-order valence-corrected chi connectivity index (χ3v) is 3.07. The Morgan fingerprint density at radius 2 is 2.00 bits per heavy atom. The van der Waals surface area contributed by atoms with Crippen LogP contribution in [0.15, 0.2) is 24.4 Å². The van der Waals surface area contributed by atoms with E-state index in [0.29, 0.717) is 10.7 Å². The van der Waals surface area contributed by atoms with Crippen LogP contribution in [0.2, 0.25) is 5.02 Å². The lowest BCUT2D eigenvalue weighted by Crippen LogP contribution is -2.19. The standard InChI is InChI=1S/C12H12ClF2N3/c1-18-12(8(13)6-17-18)11(16)5-7-9(14)3-2-4-10(7)15/h2-4,6,11H,5,16H2,1H3. The van der Waals surface area contributed by atoms with Gasteiger partial charge in [0.15, 0.2) is 0 Å². The van der Waals surface area contributed by atoms with E-state index in [1.807, 2.05) is 0 Å². The minimum Gasteiger partial charge on any atom is -0.322 e. The molecule has 2 aromatic rings. The number of hydrogen-bond donors (Lipinski definition) is 1. The number of nitrogens with zero attached hydrogens (tertiary/aromatic N) is 2. The molecule has 0 fully saturated rings. The van der Waals surface area contributed by atoms with Crippen LogP contribution >= 0.6 is 11.6 Å². The van der Waals surface area contributed by atoms with Gasteiger partial charge in [-0.15, -0.1) is 0 Å². The minimum absolute atomic E-state index is 0.0256. The van der Waals surface area contributed by atoms with Crippen LogP contribution in [-0.4, -0.2) is 9.78 Å². The van der Waals surface area contributed by atoms with Crippen molar-refractivity contribution in [2.24, 2.45) is 12.8 Å². The fourth-order valence-electron chi connectivity index (χ4n) is 1.88. The molecule has 1 aromatic carbocycles. The Hall–Kier alpha value is -1.46. The van der Waals surface area contributed by atoms with Crippen molar-refractivity contribution in [1.29, 1.82) is 0 Å². The van der Waals surface area contributed by atoms with E-state index in [0.717, 1.165) is 0 Å². The first-order valence-corrected chi connectivity index (χ1v) is 5.74. The van der Waals surface area contributed by atoms with Gasteiger partial charge in [0, 0.05) is 12.6 Å². The molecule has 1 aromatic heterocycles. The number of rotatable bonds is 3. The normalized spacial score (nSPS) is 12.7. The van der Waals surface area contributed by atoms with Gasteiger partial charge in [-0.05, 0) is 18.6 Å². The fraction of sp³-hybridized carbons (Fsp3) is 0.250. The summed E-state index contributed by atoms with van der Waals surface area (Å²) in [6.07, 6.45) is 1.48. The number of benzene rings is 1. The molecule has 0 spiro atoms. The second-order valence-corrected chi connectivity index (χ2v) is 4.42. The van der Waals surface area contributed by atoms with Gasteiger partial charge >= 0.3 is 0 Å². The summed E-state index contributed by atoms with van der Waals surface area (Å²) in [4.78, 5) is 0. The van der Waals surface area contributed by atoms with Crippen LogP contribution in [0.3, 0.4) is 0 Å². The average Bonchev–Trinajstić information content (AvgIpc) is 2.64. The molecule has 0 amide bonds. The second kappa shape index (κ2) is 5.04. The zero-order valence-electron chi connectivity index (χ0n) is 9.70. The molecule has 96 valence electrons. The highest BCUT2D eigenvalue weighted by atomic mass is 35.5. The van der Waals surface area contributed by atoms with Gasteiger partial charge in [-0.2, -0.15) is 5.10 Å². The molecule has 0 bridgehead atoms. The van der Waals surface area contributed by atoms with Gasteiger partial charge in [0.05, 0.1) is 23.0 Å². The average molecular weight is 272 g/mol. The fourth-order valence-corrected chi connectivity index (χ4v) is 2.19. The lowest BCUT2D eigenvalue weighted by atomic mass is 10.0. The Morgan fingerprint density at radius 1 is 1.39 bits per heavy atom. The maximum absolute atomic E-state index is 13.5. The van der Waals surface area contributed by atoms with Crippen molar-refractivity contribution in [3.05, 3.63) is 52.3 Å². The molecule has 0 aliphatic heterocycles. The lowest BCUT2D eigenvalue weighted by molar-refractivity contribution is 0.529. The van der Waals surface area contributed by atoms with Crippen LogP contribution in [0.25, 0.3) is 0 Å². The molecule has 2 rings (SSSR count). The van der Waals surface area contributed by atoms with Crippen LogP contribution in [-0.2, 0) is 13.5 Å². The lowest BCUT2D eigenvalue weighted by Gasteiger charge is -2.14. The Balaban J connectivity index is 2.30. The predicted octanol–water partition coefficient (Wildman–Crippen LogP) is 2.59. The van der Waals surface area contributed by atoms with Crippen LogP contribution in [0.5, 0.6) is 0 Å². The van der Waals surface area contributed by atoms with Crippen LogP contribution in [0, 0.1) is 11.6 Å². The molecule has 1 heterocycles. The number of halogens is 3. The van der Waals surface area contributed by atoms with Crippen molar-refractivity contribution in [3.63, 3.8) is 0 Å². The zero-order valence-corrected chi connectivity index (χ0v) is 10.5. The molecule has 0 aliphatic carbocycles. The SMILES string of the molecule is Cn1ncc(Cl)c1C(N)Cc1c(F)cccc1F. The first kappa shape index (κ1) is 13.0. The number of aromatic nitrogens is 2. The summed E-state index contributed by atoms with van der Waals surface area (Å²) in [5.74, 6) is -1.22. The number of nitrogens with two attached hydrogens (primary N) is 1. The van der Waals surface area contributed by atoms with E-state index in [9.17, 15) is 8.78 Å². The van der Waals surface area contributed by atoms with E-state index >= 15 is 0 Å². The van der Waals surface area contributed by atoms with E-state index in [1.54, 1.807) is 7.05 Å². The highest BCUT2D eigenvalue weighted by molar-refractivity contribution is 6.31. The summed E-state index contributed by atoms with van der Waals surface area (Å²) >= 11 is 5.93. The van der Waals surface area contributed by atoms with E-state index in [4.69, 9.17) is 17.3 Å². The van der Waals surface area contributed by atoms with E-state index in [-0.39, 0.29) is 12.0 Å². The largest absolute Gasteiger partial charge is 0.322 e. The Kier molecular flexibility index (Phi) is 3.63.